The van der Waals surface area contributed by atoms with Crippen LogP contribution >= 0.6 is 0 Å². The molecule has 8 atom stereocenters. The van der Waals surface area contributed by atoms with Crippen molar-refractivity contribution in [3.63, 3.8) is 0 Å². The summed E-state index contributed by atoms with van der Waals surface area (Å²) in [7, 11) is 0. The van der Waals surface area contributed by atoms with E-state index in [1.54, 1.807) is 0 Å². The number of aryl methyl sites for hydroxylation is 2. The van der Waals surface area contributed by atoms with Gasteiger partial charge in [-0.2, -0.15) is 0 Å². The van der Waals surface area contributed by atoms with Crippen LogP contribution in [0.1, 0.15) is 43.0 Å². The molecule has 0 saturated heterocycles. The highest BCUT2D eigenvalue weighted by molar-refractivity contribution is 6.31. The van der Waals surface area contributed by atoms with Crippen molar-refractivity contribution in [3.8, 4) is 23.0 Å². The molecule has 4 saturated carbocycles. The first kappa shape index (κ1) is 25.1. The highest BCUT2D eigenvalue weighted by Crippen LogP contribution is 2.80. The van der Waals surface area contributed by atoms with Gasteiger partial charge >= 0.3 is 0 Å². The molecule has 4 fully saturated rings. The molecule has 6 aliphatic rings. The Bertz CT molecular complexity index is 1780. The second-order valence-corrected chi connectivity index (χ2v) is 12.2. The first-order valence-electron chi connectivity index (χ1n) is 13.2. The third-order valence-corrected chi connectivity index (χ3v) is 10.8. The topological polar surface area (TPSA) is 230 Å². The second-order valence-electron chi connectivity index (χ2n) is 12.2. The molecule has 214 valence electrons. The van der Waals surface area contributed by atoms with Crippen LogP contribution in [0.15, 0.2) is 23.3 Å². The number of aromatic hydroxyl groups is 4. The van der Waals surface area contributed by atoms with Gasteiger partial charge < -0.3 is 40.9 Å². The number of fused-ring (bicyclic) bond motifs is 4. The van der Waals surface area contributed by atoms with E-state index in [4.69, 9.17) is 0 Å². The van der Waals surface area contributed by atoms with Crippen LogP contribution in [0.2, 0.25) is 0 Å². The number of aliphatic hydroxyl groups is 4. The number of Topliss-reactive ketones (excluding diaryl/α,β-unsaturated/α-hetero) is 4. The van der Waals surface area contributed by atoms with Crippen molar-refractivity contribution >= 4 is 34.7 Å². The maximum atomic E-state index is 14.6. The SMILES string of the molecule is Cc1cc(O)c2c(c1O)C(=O)[C@]13C(=C2O)C(=O)[C@H]2[C@@H](O)[C@H]1[C@@H]1[C@@H](O)[C@H]3C(=O)C3=C(O)c4c(O)cc(C)c(O)c4C(=O)[C@]312. The van der Waals surface area contributed by atoms with E-state index in [1.807, 2.05) is 0 Å². The third kappa shape index (κ3) is 2.03. The van der Waals surface area contributed by atoms with Gasteiger partial charge in [-0.25, -0.2) is 0 Å². The van der Waals surface area contributed by atoms with Gasteiger partial charge in [-0.05, 0) is 37.1 Å². The van der Waals surface area contributed by atoms with Crippen LogP contribution in [0.4, 0.5) is 0 Å². The number of allylic oxidation sites excluding steroid dienone is 2. The van der Waals surface area contributed by atoms with E-state index in [0.717, 1.165) is 12.1 Å². The van der Waals surface area contributed by atoms with Crippen molar-refractivity contribution in [2.75, 3.05) is 0 Å². The lowest BCUT2D eigenvalue weighted by Gasteiger charge is -2.53. The van der Waals surface area contributed by atoms with E-state index in [0.29, 0.717) is 0 Å². The molecule has 42 heavy (non-hydrogen) atoms. The van der Waals surface area contributed by atoms with Gasteiger partial charge in [0.2, 0.25) is 0 Å². The van der Waals surface area contributed by atoms with Crippen LogP contribution in [-0.4, -0.2) is 76.2 Å². The summed E-state index contributed by atoms with van der Waals surface area (Å²) >= 11 is 0. The van der Waals surface area contributed by atoms with Gasteiger partial charge in [-0.3, -0.25) is 19.2 Å². The van der Waals surface area contributed by atoms with Crippen molar-refractivity contribution in [2.45, 2.75) is 26.1 Å². The minimum Gasteiger partial charge on any atom is -0.507 e. The quantitative estimate of drug-likeness (QED) is 0.207. The van der Waals surface area contributed by atoms with Gasteiger partial charge in [0.15, 0.2) is 23.1 Å². The van der Waals surface area contributed by atoms with Crippen LogP contribution < -0.4 is 0 Å². The van der Waals surface area contributed by atoms with E-state index in [-0.39, 0.29) is 11.1 Å². The molecule has 0 aromatic heterocycles. The van der Waals surface area contributed by atoms with Gasteiger partial charge in [-0.1, -0.05) is 0 Å². The number of phenols is 4. The molecule has 2 aromatic rings. The number of benzene rings is 2. The Labute approximate surface area is 235 Å². The van der Waals surface area contributed by atoms with Gasteiger partial charge in [0.25, 0.3) is 0 Å². The largest absolute Gasteiger partial charge is 0.507 e. The number of rotatable bonds is 0. The predicted octanol–water partition coefficient (Wildman–Crippen LogP) is 1.11. The minimum atomic E-state index is -2.48. The molecule has 2 aromatic carbocycles. The molecule has 0 heterocycles. The standard InChI is InChI=1S/C30H22O12/c1-5-3-7(31)9-11(19(5)33)27(41)29-13-14-24(38)17(29)26(40)16-22(36)10-8(32)4-6(2)20(34)12(10)28(42)30(14,16)18(23(13)37)25(39)15(29)21(9)35/h3-4,13-14,17-18,23-24,31-38H,1-2H3/t13-,14-,17-,18+,23-,24+,29+,30+/m1/s1. The average Bonchev–Trinajstić information content (AvgIpc) is 3.27. The van der Waals surface area contributed by atoms with Gasteiger partial charge in [0, 0.05) is 11.8 Å². The Morgan fingerprint density at radius 1 is 0.571 bits per heavy atom. The van der Waals surface area contributed by atoms with E-state index in [2.05, 4.69) is 0 Å². The van der Waals surface area contributed by atoms with Crippen molar-refractivity contribution in [1.82, 2.24) is 0 Å². The monoisotopic (exact) mass is 574 g/mol. The smallest absolute Gasteiger partial charge is 0.179 e. The summed E-state index contributed by atoms with van der Waals surface area (Å²) in [6, 6.07) is 2.13. The average molecular weight is 574 g/mol. The number of phenolic OH excluding ortho intramolecular Hbond substituents is 4. The molecular weight excluding hydrogens is 552 g/mol. The van der Waals surface area contributed by atoms with Crippen molar-refractivity contribution in [1.29, 1.82) is 0 Å². The highest BCUT2D eigenvalue weighted by atomic mass is 16.3. The molecule has 12 heteroatoms. The Morgan fingerprint density at radius 2 is 0.905 bits per heavy atom. The molecule has 0 radical (unpaired) electrons. The third-order valence-electron chi connectivity index (χ3n) is 10.8. The summed E-state index contributed by atoms with van der Waals surface area (Å²) in [4.78, 5) is 58.1. The van der Waals surface area contributed by atoms with Crippen molar-refractivity contribution in [2.24, 2.45) is 34.5 Å². The second kappa shape index (κ2) is 6.85. The Morgan fingerprint density at radius 3 is 1.24 bits per heavy atom. The lowest BCUT2D eigenvalue weighted by Crippen LogP contribution is -2.65. The fourth-order valence-electron chi connectivity index (χ4n) is 9.59. The number of carbonyl (C=O) groups is 4. The maximum absolute atomic E-state index is 14.6. The molecular formula is C30H22O12. The summed E-state index contributed by atoms with van der Waals surface area (Å²) < 4.78 is 0. The Hall–Kier alpha value is -4.68. The summed E-state index contributed by atoms with van der Waals surface area (Å²) in [5.74, 6) is -15.9. The molecule has 2 spiro atoms. The summed E-state index contributed by atoms with van der Waals surface area (Å²) in [6.45, 7) is 2.72. The van der Waals surface area contributed by atoms with E-state index in [1.165, 1.54) is 13.8 Å². The number of ketones is 4. The van der Waals surface area contributed by atoms with Gasteiger partial charge in [0.05, 0.1) is 68.3 Å². The normalized spacial score (nSPS) is 36.9. The van der Waals surface area contributed by atoms with Gasteiger partial charge in [-0.15, -0.1) is 0 Å². The molecule has 8 N–H and O–H groups in total. The zero-order valence-electron chi connectivity index (χ0n) is 21.8. The first-order valence-corrected chi connectivity index (χ1v) is 13.2. The Kier molecular flexibility index (Phi) is 4.09. The zero-order valence-corrected chi connectivity index (χ0v) is 21.8. The maximum Gasteiger partial charge on any atom is 0.179 e. The number of carbonyl (C=O) groups excluding carboxylic acids is 4. The first-order chi connectivity index (χ1) is 19.7. The summed E-state index contributed by atoms with van der Waals surface area (Å²) in [6.07, 6.45) is -3.71. The molecule has 8 rings (SSSR count). The summed E-state index contributed by atoms with van der Waals surface area (Å²) in [5.41, 5.74) is -8.66. The van der Waals surface area contributed by atoms with E-state index in [9.17, 15) is 60.0 Å². The summed E-state index contributed by atoms with van der Waals surface area (Å²) in [5, 5.41) is 89.8. The number of aliphatic hydroxyl groups excluding tert-OH is 4. The van der Waals surface area contributed by atoms with Crippen LogP contribution in [0.25, 0.3) is 11.5 Å². The molecule has 0 aliphatic heterocycles. The molecule has 6 aliphatic carbocycles. The number of hydrogen-bond acceptors (Lipinski definition) is 12. The van der Waals surface area contributed by atoms with E-state index < -0.39 is 138 Å². The zero-order chi connectivity index (χ0) is 30.3. The fraction of sp³-hybridized carbons (Fsp3) is 0.333. The number of hydrogen-bond donors (Lipinski definition) is 8. The van der Waals surface area contributed by atoms with E-state index >= 15 is 0 Å². The van der Waals surface area contributed by atoms with Crippen LogP contribution in [0.5, 0.6) is 23.0 Å². The van der Waals surface area contributed by atoms with Gasteiger partial charge in [0.1, 0.15) is 34.5 Å². The molecule has 12 nitrogen and oxygen atoms in total. The lowest BCUT2D eigenvalue weighted by molar-refractivity contribution is -0.142. The Balaban J connectivity index is 1.56. The molecule has 4 bridgehead atoms. The van der Waals surface area contributed by atoms with Crippen LogP contribution in [-0.2, 0) is 9.59 Å². The van der Waals surface area contributed by atoms with Crippen LogP contribution in [0.3, 0.4) is 0 Å². The molecule has 0 amide bonds. The van der Waals surface area contributed by atoms with Crippen molar-refractivity contribution < 1.29 is 60.0 Å². The lowest BCUT2D eigenvalue weighted by atomic mass is 9.46. The minimum absolute atomic E-state index is 0.0181. The predicted molar refractivity (Wildman–Crippen MR) is 138 cm³/mol. The highest BCUT2D eigenvalue weighted by Gasteiger charge is 2.90. The van der Waals surface area contributed by atoms with Crippen molar-refractivity contribution in [3.05, 3.63) is 56.7 Å². The fourth-order valence-corrected chi connectivity index (χ4v) is 9.59. The molecule has 0 unspecified atom stereocenters. The van der Waals surface area contributed by atoms with Crippen LogP contribution in [0, 0.1) is 48.3 Å².